The Balaban J connectivity index is 0.00000312. The van der Waals surface area contributed by atoms with Crippen molar-refractivity contribution in [2.45, 2.75) is 38.1 Å². The fraction of sp³-hybridized carbons (Fsp3) is 0.444. The Morgan fingerprint density at radius 2 is 2.00 bits per heavy atom. The molecule has 138 valence electrons. The summed E-state index contributed by atoms with van der Waals surface area (Å²) in [5.74, 6) is 2.94. The van der Waals surface area contributed by atoms with Gasteiger partial charge in [0.25, 0.3) is 0 Å². The van der Waals surface area contributed by atoms with E-state index < -0.39 is 0 Å². The third-order valence-electron chi connectivity index (χ3n) is 3.31. The Kier molecular flexibility index (Phi) is 10.6. The molecule has 0 saturated carbocycles. The van der Waals surface area contributed by atoms with Crippen molar-refractivity contribution in [2.24, 2.45) is 4.99 Å². The van der Waals surface area contributed by atoms with Gasteiger partial charge in [0, 0.05) is 29.8 Å². The molecule has 1 heterocycles. The van der Waals surface area contributed by atoms with E-state index in [0.717, 1.165) is 36.3 Å². The fourth-order valence-electron chi connectivity index (χ4n) is 2.03. The van der Waals surface area contributed by atoms with E-state index >= 15 is 0 Å². The molecule has 2 aromatic rings. The first-order chi connectivity index (χ1) is 11.7. The zero-order valence-electron chi connectivity index (χ0n) is 15.0. The molecule has 0 aliphatic carbocycles. The molecule has 0 atom stereocenters. The Morgan fingerprint density at radius 1 is 1.24 bits per heavy atom. The average molecular weight is 474 g/mol. The maximum atomic E-state index is 5.32. The van der Waals surface area contributed by atoms with Crippen LogP contribution in [0.1, 0.15) is 38.1 Å². The predicted octanol–water partition coefficient (Wildman–Crippen LogP) is 4.26. The largest absolute Gasteiger partial charge is 0.359 e. The highest BCUT2D eigenvalue weighted by molar-refractivity contribution is 14.0. The standard InChI is InChI=1S/C18H26N4OS.HI/c1-4-19-18(20-10-11-24-16-8-6-5-7-9-16)21-13-15-12-17(14(2)3)22-23-15;/h5-9,12,14H,4,10-11,13H2,1-3H3,(H2,19,20,21);1H. The molecule has 5 nitrogen and oxygen atoms in total. The molecule has 7 heteroatoms. The van der Waals surface area contributed by atoms with Crippen molar-refractivity contribution in [2.75, 3.05) is 18.8 Å². The Bertz CT molecular complexity index is 631. The Hall–Kier alpha value is -1.22. The predicted molar refractivity (Wildman–Crippen MR) is 116 cm³/mol. The van der Waals surface area contributed by atoms with E-state index in [0.29, 0.717) is 12.5 Å². The maximum absolute atomic E-state index is 5.32. The van der Waals surface area contributed by atoms with Gasteiger partial charge in [0.05, 0.1) is 5.69 Å². The molecule has 2 N–H and O–H groups in total. The van der Waals surface area contributed by atoms with Crippen molar-refractivity contribution in [3.05, 3.63) is 47.9 Å². The normalized spacial score (nSPS) is 11.3. The number of guanidine groups is 1. The van der Waals surface area contributed by atoms with Crippen LogP contribution in [0, 0.1) is 0 Å². The number of thioether (sulfide) groups is 1. The molecule has 0 aliphatic rings. The van der Waals surface area contributed by atoms with Gasteiger partial charge in [-0.3, -0.25) is 0 Å². The zero-order valence-corrected chi connectivity index (χ0v) is 18.1. The summed E-state index contributed by atoms with van der Waals surface area (Å²) in [7, 11) is 0. The summed E-state index contributed by atoms with van der Waals surface area (Å²) in [6.45, 7) is 8.41. The van der Waals surface area contributed by atoms with Crippen LogP contribution in [0.5, 0.6) is 0 Å². The molecule has 0 amide bonds. The smallest absolute Gasteiger partial charge is 0.191 e. The van der Waals surface area contributed by atoms with Crippen LogP contribution in [0.25, 0.3) is 0 Å². The van der Waals surface area contributed by atoms with Gasteiger partial charge in [0.2, 0.25) is 0 Å². The van der Waals surface area contributed by atoms with Crippen LogP contribution in [0.2, 0.25) is 0 Å². The van der Waals surface area contributed by atoms with Gasteiger partial charge in [-0.05, 0) is 25.0 Å². The van der Waals surface area contributed by atoms with Crippen molar-refractivity contribution >= 4 is 41.7 Å². The summed E-state index contributed by atoms with van der Waals surface area (Å²) in [6, 6.07) is 12.4. The lowest BCUT2D eigenvalue weighted by Crippen LogP contribution is -2.38. The summed E-state index contributed by atoms with van der Waals surface area (Å²) in [6.07, 6.45) is 0. The van der Waals surface area contributed by atoms with E-state index in [9.17, 15) is 0 Å². The molecule has 0 saturated heterocycles. The van der Waals surface area contributed by atoms with Gasteiger partial charge in [0.15, 0.2) is 11.7 Å². The van der Waals surface area contributed by atoms with Crippen LogP contribution in [0.15, 0.2) is 50.8 Å². The first kappa shape index (κ1) is 21.8. The topological polar surface area (TPSA) is 62.5 Å². The second kappa shape index (κ2) is 12.2. The highest BCUT2D eigenvalue weighted by Crippen LogP contribution is 2.16. The molecule has 0 fully saturated rings. The van der Waals surface area contributed by atoms with Crippen LogP contribution < -0.4 is 10.6 Å². The van der Waals surface area contributed by atoms with Crippen molar-refractivity contribution < 1.29 is 4.52 Å². The number of halogens is 1. The number of benzene rings is 1. The lowest BCUT2D eigenvalue weighted by atomic mass is 10.1. The zero-order chi connectivity index (χ0) is 17.2. The van der Waals surface area contributed by atoms with Gasteiger partial charge in [-0.2, -0.15) is 0 Å². The minimum Gasteiger partial charge on any atom is -0.359 e. The average Bonchev–Trinajstić information content (AvgIpc) is 3.06. The Labute approximate surface area is 171 Å². The number of rotatable bonds is 8. The molecule has 0 spiro atoms. The third-order valence-corrected chi connectivity index (χ3v) is 4.33. The molecular formula is C18H27IN4OS. The van der Waals surface area contributed by atoms with Crippen molar-refractivity contribution in [1.82, 2.24) is 15.8 Å². The van der Waals surface area contributed by atoms with Gasteiger partial charge in [0.1, 0.15) is 6.54 Å². The number of aliphatic imine (C=N–C) groups is 1. The number of aromatic nitrogens is 1. The summed E-state index contributed by atoms with van der Waals surface area (Å²) >= 11 is 1.83. The maximum Gasteiger partial charge on any atom is 0.191 e. The third kappa shape index (κ3) is 8.13. The van der Waals surface area contributed by atoms with E-state index in [4.69, 9.17) is 4.52 Å². The first-order valence-electron chi connectivity index (χ1n) is 8.34. The van der Waals surface area contributed by atoms with E-state index in [1.165, 1.54) is 4.90 Å². The highest BCUT2D eigenvalue weighted by Gasteiger charge is 2.07. The number of hydrogen-bond acceptors (Lipinski definition) is 4. The number of nitrogens with one attached hydrogen (secondary N) is 2. The highest BCUT2D eigenvalue weighted by atomic mass is 127. The molecule has 0 bridgehead atoms. The van der Waals surface area contributed by atoms with E-state index in [2.05, 4.69) is 65.8 Å². The number of hydrogen-bond donors (Lipinski definition) is 2. The molecular weight excluding hydrogens is 447 g/mol. The molecule has 1 aromatic heterocycles. The van der Waals surface area contributed by atoms with Crippen molar-refractivity contribution in [3.8, 4) is 0 Å². The van der Waals surface area contributed by atoms with Gasteiger partial charge >= 0.3 is 0 Å². The van der Waals surface area contributed by atoms with Gasteiger partial charge in [-0.15, -0.1) is 35.7 Å². The lowest BCUT2D eigenvalue weighted by Gasteiger charge is -2.10. The first-order valence-corrected chi connectivity index (χ1v) is 9.33. The minimum absolute atomic E-state index is 0. The fourth-order valence-corrected chi connectivity index (χ4v) is 2.82. The summed E-state index contributed by atoms with van der Waals surface area (Å²) in [5, 5.41) is 10.7. The monoisotopic (exact) mass is 474 g/mol. The second-order valence-electron chi connectivity index (χ2n) is 5.66. The lowest BCUT2D eigenvalue weighted by molar-refractivity contribution is 0.376. The van der Waals surface area contributed by atoms with Crippen LogP contribution in [-0.4, -0.2) is 30.0 Å². The van der Waals surface area contributed by atoms with Crippen molar-refractivity contribution in [3.63, 3.8) is 0 Å². The second-order valence-corrected chi connectivity index (χ2v) is 6.82. The van der Waals surface area contributed by atoms with Gasteiger partial charge in [-0.25, -0.2) is 4.99 Å². The molecule has 0 aliphatic heterocycles. The van der Waals surface area contributed by atoms with E-state index in [-0.39, 0.29) is 24.0 Å². The van der Waals surface area contributed by atoms with Crippen molar-refractivity contribution in [1.29, 1.82) is 0 Å². The molecule has 0 radical (unpaired) electrons. The molecule has 0 unspecified atom stereocenters. The van der Waals surface area contributed by atoms with E-state index in [1.807, 2.05) is 23.9 Å². The van der Waals surface area contributed by atoms with Crippen LogP contribution >= 0.6 is 35.7 Å². The summed E-state index contributed by atoms with van der Waals surface area (Å²) in [5.41, 5.74) is 0.970. The quantitative estimate of drug-likeness (QED) is 0.197. The summed E-state index contributed by atoms with van der Waals surface area (Å²) in [4.78, 5) is 5.83. The summed E-state index contributed by atoms with van der Waals surface area (Å²) < 4.78 is 5.32. The van der Waals surface area contributed by atoms with Crippen LogP contribution in [0.4, 0.5) is 0 Å². The SMILES string of the molecule is CCNC(=NCc1cc(C(C)C)no1)NCCSc1ccccc1.I. The molecule has 2 rings (SSSR count). The van der Waals surface area contributed by atoms with Gasteiger partial charge in [-0.1, -0.05) is 37.2 Å². The van der Waals surface area contributed by atoms with Crippen LogP contribution in [-0.2, 0) is 6.54 Å². The number of nitrogens with zero attached hydrogens (tertiary/aromatic N) is 2. The Morgan fingerprint density at radius 3 is 2.64 bits per heavy atom. The minimum atomic E-state index is 0. The molecule has 25 heavy (non-hydrogen) atoms. The van der Waals surface area contributed by atoms with Gasteiger partial charge < -0.3 is 15.2 Å². The van der Waals surface area contributed by atoms with Crippen LogP contribution in [0.3, 0.4) is 0 Å². The van der Waals surface area contributed by atoms with E-state index in [1.54, 1.807) is 0 Å². The molecule has 1 aromatic carbocycles.